The van der Waals surface area contributed by atoms with Crippen molar-refractivity contribution in [1.29, 1.82) is 0 Å². The average Bonchev–Trinajstić information content (AvgIpc) is 2.57. The van der Waals surface area contributed by atoms with E-state index in [-0.39, 0.29) is 17.5 Å². The number of ether oxygens (including phenoxy) is 1. The van der Waals surface area contributed by atoms with E-state index in [4.69, 9.17) is 4.74 Å². The summed E-state index contributed by atoms with van der Waals surface area (Å²) < 4.78 is 44.2. The van der Waals surface area contributed by atoms with Crippen LogP contribution in [0, 0.1) is 17.3 Å². The summed E-state index contributed by atoms with van der Waals surface area (Å²) in [6.45, 7) is -0.652. The number of aliphatic hydroxyl groups is 1. The molecule has 0 spiro atoms. The standard InChI is InChI=1S/C20H22F3NO4/c21-20(22,23)14-3-1-2-4-15(14)24-16(25)10-28-17(26)18-6-12-5-13(7-18)9-19(27,8-12)11-18/h1-4,12-13,27H,5-11H2,(H,24,25)/t12-,13+,18?,19?. The van der Waals surface area contributed by atoms with Gasteiger partial charge in [-0.25, -0.2) is 0 Å². The van der Waals surface area contributed by atoms with E-state index in [0.29, 0.717) is 32.1 Å². The highest BCUT2D eigenvalue weighted by Crippen LogP contribution is 2.61. The summed E-state index contributed by atoms with van der Waals surface area (Å²) in [6, 6.07) is 4.64. The van der Waals surface area contributed by atoms with Gasteiger partial charge in [-0.3, -0.25) is 9.59 Å². The molecule has 2 unspecified atom stereocenters. The van der Waals surface area contributed by atoms with Crippen LogP contribution in [0.5, 0.6) is 0 Å². The molecular weight excluding hydrogens is 375 g/mol. The molecule has 5 rings (SSSR count). The molecule has 0 saturated heterocycles. The summed E-state index contributed by atoms with van der Waals surface area (Å²) in [7, 11) is 0. The first-order chi connectivity index (χ1) is 13.1. The lowest BCUT2D eigenvalue weighted by Crippen LogP contribution is -2.58. The number of alkyl halides is 3. The minimum atomic E-state index is -4.60. The number of esters is 1. The molecule has 4 fully saturated rings. The average molecular weight is 397 g/mol. The molecule has 8 heteroatoms. The largest absolute Gasteiger partial charge is 0.455 e. The van der Waals surface area contributed by atoms with E-state index >= 15 is 0 Å². The first kappa shape index (κ1) is 19.2. The van der Waals surface area contributed by atoms with Gasteiger partial charge in [0, 0.05) is 0 Å². The van der Waals surface area contributed by atoms with Gasteiger partial charge in [0.05, 0.1) is 22.3 Å². The van der Waals surface area contributed by atoms with Crippen LogP contribution < -0.4 is 5.32 Å². The fourth-order valence-electron chi connectivity index (χ4n) is 5.76. The van der Waals surface area contributed by atoms with Crippen LogP contribution in [0.15, 0.2) is 24.3 Å². The number of carbonyl (C=O) groups excluding carboxylic acids is 2. The Morgan fingerprint density at radius 1 is 1.14 bits per heavy atom. The number of nitrogens with one attached hydrogen (secondary N) is 1. The quantitative estimate of drug-likeness (QED) is 0.763. The van der Waals surface area contributed by atoms with Crippen LogP contribution in [-0.4, -0.2) is 29.2 Å². The number of anilines is 1. The highest BCUT2D eigenvalue weighted by atomic mass is 19.4. The van der Waals surface area contributed by atoms with Crippen molar-refractivity contribution in [2.24, 2.45) is 17.3 Å². The highest BCUT2D eigenvalue weighted by Gasteiger charge is 2.60. The second-order valence-electron chi connectivity index (χ2n) is 8.63. The van der Waals surface area contributed by atoms with Gasteiger partial charge >= 0.3 is 12.1 Å². The summed E-state index contributed by atoms with van der Waals surface area (Å²) in [5, 5.41) is 12.9. The number of rotatable bonds is 4. The van der Waals surface area contributed by atoms with Crippen molar-refractivity contribution >= 4 is 17.6 Å². The molecule has 152 valence electrons. The zero-order chi connectivity index (χ0) is 20.2. The zero-order valence-corrected chi connectivity index (χ0v) is 15.2. The number of benzene rings is 1. The Morgan fingerprint density at radius 2 is 1.79 bits per heavy atom. The molecule has 4 aliphatic rings. The topological polar surface area (TPSA) is 75.6 Å². The van der Waals surface area contributed by atoms with Crippen molar-refractivity contribution in [3.63, 3.8) is 0 Å². The maximum Gasteiger partial charge on any atom is 0.418 e. The summed E-state index contributed by atoms with van der Waals surface area (Å²) >= 11 is 0. The molecule has 0 aliphatic heterocycles. The summed E-state index contributed by atoms with van der Waals surface area (Å²) in [6.07, 6.45) is -0.571. The maximum atomic E-state index is 13.0. The Hall–Kier alpha value is -2.09. The predicted molar refractivity (Wildman–Crippen MR) is 93.1 cm³/mol. The number of hydrogen-bond acceptors (Lipinski definition) is 4. The van der Waals surface area contributed by atoms with Crippen molar-refractivity contribution in [3.05, 3.63) is 29.8 Å². The molecular formula is C20H22F3NO4. The van der Waals surface area contributed by atoms with Gasteiger partial charge in [-0.2, -0.15) is 13.2 Å². The molecule has 0 radical (unpaired) electrons. The van der Waals surface area contributed by atoms with E-state index in [0.717, 1.165) is 18.6 Å². The van der Waals surface area contributed by atoms with Gasteiger partial charge in [-0.15, -0.1) is 0 Å². The molecule has 4 atom stereocenters. The summed E-state index contributed by atoms with van der Waals surface area (Å²) in [4.78, 5) is 24.8. The molecule has 4 bridgehead atoms. The Balaban J connectivity index is 1.39. The minimum Gasteiger partial charge on any atom is -0.455 e. The first-order valence-corrected chi connectivity index (χ1v) is 9.44. The fourth-order valence-corrected chi connectivity index (χ4v) is 5.76. The molecule has 0 heterocycles. The lowest BCUT2D eigenvalue weighted by Gasteiger charge is -2.58. The molecule has 1 aromatic carbocycles. The molecule has 4 saturated carbocycles. The molecule has 2 N–H and O–H groups in total. The van der Waals surface area contributed by atoms with Crippen LogP contribution >= 0.6 is 0 Å². The zero-order valence-electron chi connectivity index (χ0n) is 15.2. The van der Waals surface area contributed by atoms with Gasteiger partial charge in [0.2, 0.25) is 0 Å². The van der Waals surface area contributed by atoms with Crippen molar-refractivity contribution < 1.29 is 32.6 Å². The lowest BCUT2D eigenvalue weighted by molar-refractivity contribution is -0.196. The molecule has 1 amide bonds. The van der Waals surface area contributed by atoms with E-state index in [1.165, 1.54) is 12.1 Å². The number of carbonyl (C=O) groups is 2. The van der Waals surface area contributed by atoms with E-state index in [9.17, 15) is 27.9 Å². The van der Waals surface area contributed by atoms with Gasteiger partial charge in [0.15, 0.2) is 6.61 Å². The summed E-state index contributed by atoms with van der Waals surface area (Å²) in [5.74, 6) is -0.787. The van der Waals surface area contributed by atoms with Gasteiger partial charge < -0.3 is 15.2 Å². The van der Waals surface area contributed by atoms with Crippen LogP contribution in [-0.2, 0) is 20.5 Å². The van der Waals surface area contributed by atoms with Crippen molar-refractivity contribution in [2.45, 2.75) is 50.3 Å². The van der Waals surface area contributed by atoms with E-state index < -0.39 is 41.2 Å². The van der Waals surface area contributed by atoms with Gasteiger partial charge in [-0.1, -0.05) is 12.1 Å². The third kappa shape index (κ3) is 3.50. The fraction of sp³-hybridized carbons (Fsp3) is 0.600. The van der Waals surface area contributed by atoms with Crippen LogP contribution in [0.1, 0.15) is 44.1 Å². The van der Waals surface area contributed by atoms with Crippen LogP contribution in [0.4, 0.5) is 18.9 Å². The smallest absolute Gasteiger partial charge is 0.418 e. The van der Waals surface area contributed by atoms with E-state index in [2.05, 4.69) is 5.32 Å². The Morgan fingerprint density at radius 3 is 2.39 bits per heavy atom. The molecule has 28 heavy (non-hydrogen) atoms. The van der Waals surface area contributed by atoms with Gasteiger partial charge in [0.25, 0.3) is 5.91 Å². The predicted octanol–water partition coefficient (Wildman–Crippen LogP) is 3.52. The number of halogens is 3. The lowest BCUT2D eigenvalue weighted by atomic mass is 9.48. The first-order valence-electron chi connectivity index (χ1n) is 9.44. The number of hydrogen-bond donors (Lipinski definition) is 2. The third-order valence-electron chi connectivity index (χ3n) is 6.30. The Kier molecular flexibility index (Phi) is 4.45. The SMILES string of the molecule is O=C(COC(=O)C12C[C@@H]3C[C@@H](CC(O)(C3)C1)C2)Nc1ccccc1C(F)(F)F. The van der Waals surface area contributed by atoms with Crippen LogP contribution in [0.3, 0.4) is 0 Å². The number of amides is 1. The van der Waals surface area contributed by atoms with Crippen molar-refractivity contribution in [2.75, 3.05) is 11.9 Å². The molecule has 1 aromatic rings. The molecule has 0 aromatic heterocycles. The molecule has 5 nitrogen and oxygen atoms in total. The third-order valence-corrected chi connectivity index (χ3v) is 6.30. The second-order valence-corrected chi connectivity index (χ2v) is 8.63. The molecule has 4 aliphatic carbocycles. The maximum absolute atomic E-state index is 13.0. The van der Waals surface area contributed by atoms with Crippen LogP contribution in [0.2, 0.25) is 0 Å². The van der Waals surface area contributed by atoms with Crippen molar-refractivity contribution in [1.82, 2.24) is 0 Å². The van der Waals surface area contributed by atoms with Gasteiger partial charge in [-0.05, 0) is 62.5 Å². The van der Waals surface area contributed by atoms with Gasteiger partial charge in [0.1, 0.15) is 0 Å². The minimum absolute atomic E-state index is 0.284. The number of para-hydroxylation sites is 1. The monoisotopic (exact) mass is 397 g/mol. The summed E-state index contributed by atoms with van der Waals surface area (Å²) in [5.41, 5.74) is -2.95. The Labute approximate surface area is 160 Å². The van der Waals surface area contributed by atoms with E-state index in [1.54, 1.807) is 0 Å². The van der Waals surface area contributed by atoms with Crippen molar-refractivity contribution in [3.8, 4) is 0 Å². The van der Waals surface area contributed by atoms with E-state index in [1.807, 2.05) is 0 Å². The normalized spacial score (nSPS) is 33.6. The Bertz CT molecular complexity index is 793. The van der Waals surface area contributed by atoms with Crippen LogP contribution in [0.25, 0.3) is 0 Å². The highest BCUT2D eigenvalue weighted by molar-refractivity contribution is 5.94. The second kappa shape index (κ2) is 6.47.